The van der Waals surface area contributed by atoms with Gasteiger partial charge in [0.2, 0.25) is 0 Å². The van der Waals surface area contributed by atoms with Crippen molar-refractivity contribution in [2.45, 2.75) is 6.54 Å². The first kappa shape index (κ1) is 12.0. The predicted molar refractivity (Wildman–Crippen MR) is 68.3 cm³/mol. The lowest BCUT2D eigenvalue weighted by molar-refractivity contribution is -0.384. The molecule has 2 rings (SSSR count). The van der Waals surface area contributed by atoms with Crippen molar-refractivity contribution in [3.63, 3.8) is 0 Å². The first-order valence-electron chi connectivity index (χ1n) is 5.35. The highest BCUT2D eigenvalue weighted by atomic mass is 16.6. The lowest BCUT2D eigenvalue weighted by Gasteiger charge is -2.18. The molecule has 0 fully saturated rings. The van der Waals surface area contributed by atoms with Crippen LogP contribution in [0.1, 0.15) is 5.76 Å². The van der Waals surface area contributed by atoms with Crippen molar-refractivity contribution in [1.29, 1.82) is 0 Å². The van der Waals surface area contributed by atoms with E-state index in [1.165, 1.54) is 12.1 Å². The van der Waals surface area contributed by atoms with Crippen molar-refractivity contribution >= 4 is 17.1 Å². The Morgan fingerprint density at radius 1 is 1.44 bits per heavy atom. The van der Waals surface area contributed by atoms with Crippen LogP contribution in [-0.4, -0.2) is 12.0 Å². The van der Waals surface area contributed by atoms with E-state index in [9.17, 15) is 10.1 Å². The Labute approximate surface area is 104 Å². The summed E-state index contributed by atoms with van der Waals surface area (Å²) in [6.07, 6.45) is 1.59. The maximum atomic E-state index is 10.8. The second-order valence-electron chi connectivity index (χ2n) is 3.98. The molecule has 18 heavy (non-hydrogen) atoms. The van der Waals surface area contributed by atoms with Gasteiger partial charge in [-0.3, -0.25) is 10.1 Å². The third-order valence-corrected chi connectivity index (χ3v) is 2.55. The van der Waals surface area contributed by atoms with Crippen LogP contribution in [0.15, 0.2) is 41.0 Å². The predicted octanol–water partition coefficient (Wildman–Crippen LogP) is 2.41. The number of hydrogen-bond donors (Lipinski definition) is 1. The molecular formula is C12H13N3O3. The molecule has 0 aliphatic carbocycles. The minimum atomic E-state index is -0.458. The Morgan fingerprint density at radius 2 is 2.22 bits per heavy atom. The summed E-state index contributed by atoms with van der Waals surface area (Å²) in [5.74, 6) is 0.780. The molecule has 1 heterocycles. The maximum absolute atomic E-state index is 10.8. The summed E-state index contributed by atoms with van der Waals surface area (Å²) in [7, 11) is 1.82. The molecule has 0 unspecified atom stereocenters. The number of hydrogen-bond acceptors (Lipinski definition) is 5. The monoisotopic (exact) mass is 247 g/mol. The summed E-state index contributed by atoms with van der Waals surface area (Å²) in [6, 6.07) is 8.15. The first-order valence-corrected chi connectivity index (χ1v) is 5.35. The molecule has 0 saturated heterocycles. The van der Waals surface area contributed by atoms with E-state index >= 15 is 0 Å². The maximum Gasteiger partial charge on any atom is 0.273 e. The Morgan fingerprint density at radius 3 is 2.83 bits per heavy atom. The summed E-state index contributed by atoms with van der Waals surface area (Å²) in [5, 5.41) is 10.8. The van der Waals surface area contributed by atoms with Crippen LogP contribution in [0.5, 0.6) is 0 Å². The summed E-state index contributed by atoms with van der Waals surface area (Å²) >= 11 is 0. The fraction of sp³-hybridized carbons (Fsp3) is 0.167. The minimum absolute atomic E-state index is 0.0173. The third-order valence-electron chi connectivity index (χ3n) is 2.55. The van der Waals surface area contributed by atoms with Crippen molar-refractivity contribution < 1.29 is 9.34 Å². The van der Waals surface area contributed by atoms with Gasteiger partial charge >= 0.3 is 0 Å². The van der Waals surface area contributed by atoms with E-state index in [0.717, 1.165) is 5.76 Å². The average molecular weight is 247 g/mol. The number of nitrogens with two attached hydrogens (primary N) is 1. The third kappa shape index (κ3) is 2.60. The molecule has 6 heteroatoms. The number of benzene rings is 1. The summed E-state index contributed by atoms with van der Waals surface area (Å²) in [6.45, 7) is 0.521. The van der Waals surface area contributed by atoms with Gasteiger partial charge in [-0.25, -0.2) is 0 Å². The molecule has 0 aliphatic rings. The second kappa shape index (κ2) is 4.79. The lowest BCUT2D eigenvalue weighted by atomic mass is 10.2. The van der Waals surface area contributed by atoms with E-state index in [4.69, 9.17) is 10.2 Å². The van der Waals surface area contributed by atoms with Crippen LogP contribution >= 0.6 is 0 Å². The minimum Gasteiger partial charge on any atom is -0.467 e. The summed E-state index contributed by atoms with van der Waals surface area (Å²) in [4.78, 5) is 12.1. The molecule has 1 aromatic heterocycles. The molecule has 0 bridgehead atoms. The number of non-ortho nitro benzene ring substituents is 1. The average Bonchev–Trinajstić information content (AvgIpc) is 2.80. The normalized spacial score (nSPS) is 10.3. The molecule has 0 amide bonds. The molecule has 6 nitrogen and oxygen atoms in total. The summed E-state index contributed by atoms with van der Waals surface area (Å²) < 4.78 is 5.23. The topological polar surface area (TPSA) is 85.5 Å². The van der Waals surface area contributed by atoms with Crippen LogP contribution in [0, 0.1) is 10.1 Å². The van der Waals surface area contributed by atoms with E-state index in [1.807, 2.05) is 18.0 Å². The number of furan rings is 1. The molecule has 2 aromatic rings. The van der Waals surface area contributed by atoms with E-state index in [1.54, 1.807) is 18.4 Å². The van der Waals surface area contributed by atoms with Gasteiger partial charge in [-0.15, -0.1) is 0 Å². The Bertz CT molecular complexity index is 552. The first-order chi connectivity index (χ1) is 8.56. The quantitative estimate of drug-likeness (QED) is 0.509. The van der Waals surface area contributed by atoms with Crippen molar-refractivity contribution in [3.05, 3.63) is 52.5 Å². The Balaban J connectivity index is 2.24. The molecule has 94 valence electrons. The number of nitro groups is 1. The Kier molecular flexibility index (Phi) is 3.18. The van der Waals surface area contributed by atoms with Crippen LogP contribution in [0.2, 0.25) is 0 Å². The molecule has 0 saturated carbocycles. The van der Waals surface area contributed by atoms with Gasteiger partial charge in [0.05, 0.1) is 17.7 Å². The number of anilines is 2. The molecule has 0 spiro atoms. The zero-order valence-corrected chi connectivity index (χ0v) is 9.87. The number of nitrogens with zero attached hydrogens (tertiary/aromatic N) is 2. The van der Waals surface area contributed by atoms with Gasteiger partial charge in [-0.1, -0.05) is 0 Å². The van der Waals surface area contributed by atoms with E-state index in [-0.39, 0.29) is 5.69 Å². The van der Waals surface area contributed by atoms with E-state index in [2.05, 4.69) is 0 Å². The van der Waals surface area contributed by atoms with Crippen molar-refractivity contribution in [2.24, 2.45) is 0 Å². The molecular weight excluding hydrogens is 234 g/mol. The molecule has 0 radical (unpaired) electrons. The van der Waals surface area contributed by atoms with Gasteiger partial charge in [0, 0.05) is 30.6 Å². The highest BCUT2D eigenvalue weighted by molar-refractivity contribution is 5.62. The van der Waals surface area contributed by atoms with Gasteiger partial charge < -0.3 is 15.1 Å². The van der Waals surface area contributed by atoms with Crippen molar-refractivity contribution in [2.75, 3.05) is 17.7 Å². The highest BCUT2D eigenvalue weighted by Crippen LogP contribution is 2.25. The second-order valence-corrected chi connectivity index (χ2v) is 3.98. The van der Waals surface area contributed by atoms with Gasteiger partial charge in [-0.05, 0) is 18.2 Å². The van der Waals surface area contributed by atoms with Crippen LogP contribution in [0.3, 0.4) is 0 Å². The molecule has 0 aliphatic heterocycles. The van der Waals surface area contributed by atoms with Gasteiger partial charge in [-0.2, -0.15) is 0 Å². The molecule has 1 aromatic carbocycles. The standard InChI is InChI=1S/C12H13N3O3/c1-14(8-12-3-2-4-18-12)10-5-9(13)6-11(7-10)15(16)17/h2-7H,8,13H2,1H3. The lowest BCUT2D eigenvalue weighted by Crippen LogP contribution is -2.16. The number of nitrogen functional groups attached to an aromatic ring is 1. The molecule has 0 atom stereocenters. The zero-order chi connectivity index (χ0) is 13.1. The van der Waals surface area contributed by atoms with Crippen LogP contribution in [0.25, 0.3) is 0 Å². The van der Waals surface area contributed by atoms with Crippen LogP contribution in [-0.2, 0) is 6.54 Å². The SMILES string of the molecule is CN(Cc1ccco1)c1cc(N)cc([N+](=O)[O-])c1. The van der Waals surface area contributed by atoms with E-state index < -0.39 is 4.92 Å². The largest absolute Gasteiger partial charge is 0.467 e. The van der Waals surface area contributed by atoms with Crippen LogP contribution < -0.4 is 10.6 Å². The van der Waals surface area contributed by atoms with Crippen molar-refractivity contribution in [3.8, 4) is 0 Å². The van der Waals surface area contributed by atoms with Gasteiger partial charge in [0.1, 0.15) is 5.76 Å². The van der Waals surface area contributed by atoms with Gasteiger partial charge in [0.25, 0.3) is 5.69 Å². The zero-order valence-electron chi connectivity index (χ0n) is 9.87. The fourth-order valence-corrected chi connectivity index (χ4v) is 1.67. The number of rotatable bonds is 4. The molecule has 2 N–H and O–H groups in total. The Hall–Kier alpha value is -2.50. The fourth-order valence-electron chi connectivity index (χ4n) is 1.67. The smallest absolute Gasteiger partial charge is 0.273 e. The van der Waals surface area contributed by atoms with E-state index in [0.29, 0.717) is 17.9 Å². The highest BCUT2D eigenvalue weighted by Gasteiger charge is 2.12. The summed E-state index contributed by atoms with van der Waals surface area (Å²) in [5.41, 5.74) is 6.68. The van der Waals surface area contributed by atoms with Gasteiger partial charge in [0.15, 0.2) is 0 Å². The van der Waals surface area contributed by atoms with Crippen LogP contribution in [0.4, 0.5) is 17.1 Å². The van der Waals surface area contributed by atoms with Crippen molar-refractivity contribution in [1.82, 2.24) is 0 Å². The number of nitro benzene ring substituents is 1.